The lowest BCUT2D eigenvalue weighted by molar-refractivity contribution is 0.439. The molecule has 0 aliphatic rings. The van der Waals surface area contributed by atoms with E-state index in [1.54, 1.807) is 0 Å². The maximum Gasteiger partial charge on any atom is 0.252 e. The minimum atomic E-state index is -3.75. The van der Waals surface area contributed by atoms with Crippen LogP contribution in [0.25, 0.3) is 11.3 Å². The molecular weight excluding hydrogens is 481 g/mol. The van der Waals surface area contributed by atoms with E-state index in [1.165, 1.54) is 12.1 Å². The Bertz CT molecular complexity index is 930. The first-order valence-corrected chi connectivity index (χ1v) is 14.6. The lowest BCUT2D eigenvalue weighted by Gasteiger charge is -2.19. The normalized spacial score (nSPS) is 12.2. The number of nitrogens with one attached hydrogen (secondary N) is 1. The first-order chi connectivity index (χ1) is 12.4. The lowest BCUT2D eigenvalue weighted by atomic mass is 10.1. The molecule has 1 aromatic heterocycles. The largest absolute Gasteiger partial charge is 0.538 e. The van der Waals surface area contributed by atoms with Gasteiger partial charge in [0, 0.05) is 10.4 Å². The minimum absolute atomic E-state index is 0.105. The molecule has 0 unspecified atom stereocenters. The average molecular weight is 501 g/mol. The van der Waals surface area contributed by atoms with Crippen LogP contribution in [0.5, 0.6) is 11.5 Å². The monoisotopic (exact) mass is 499 g/mol. The van der Waals surface area contributed by atoms with E-state index in [0.29, 0.717) is 11.8 Å². The van der Waals surface area contributed by atoms with Crippen LogP contribution in [0.3, 0.4) is 0 Å². The number of sulfonamides is 1. The molecule has 2 aromatic rings. The number of alkyl halides is 1. The molecule has 2 rings (SSSR count). The zero-order valence-electron chi connectivity index (χ0n) is 15.0. The summed E-state index contributed by atoms with van der Waals surface area (Å²) >= 11 is 9.08. The van der Waals surface area contributed by atoms with E-state index in [0.717, 1.165) is 6.07 Å². The van der Waals surface area contributed by atoms with Crippen LogP contribution in [0.1, 0.15) is 6.42 Å². The molecule has 0 spiro atoms. The maximum absolute atomic E-state index is 14.2. The van der Waals surface area contributed by atoms with Crippen molar-refractivity contribution in [3.63, 3.8) is 0 Å². The lowest BCUT2D eigenvalue weighted by Crippen LogP contribution is -2.29. The molecule has 0 saturated carbocycles. The molecule has 0 radical (unpaired) electrons. The highest BCUT2D eigenvalue weighted by molar-refractivity contribution is 9.09. The molecule has 0 fully saturated rings. The van der Waals surface area contributed by atoms with Crippen LogP contribution in [-0.4, -0.2) is 32.9 Å². The predicted molar refractivity (Wildman–Crippen MR) is 111 cm³/mol. The first-order valence-electron chi connectivity index (χ1n) is 8.00. The number of halogens is 3. The third-order valence-electron chi connectivity index (χ3n) is 3.22. The van der Waals surface area contributed by atoms with Crippen LogP contribution in [0, 0.1) is 5.82 Å². The number of hydrogen-bond donors (Lipinski definition) is 2. The van der Waals surface area contributed by atoms with Gasteiger partial charge in [0.25, 0.3) is 5.88 Å². The van der Waals surface area contributed by atoms with Gasteiger partial charge in [-0.15, -0.1) is 0 Å². The number of benzene rings is 1. The highest BCUT2D eigenvalue weighted by atomic mass is 79.9. The van der Waals surface area contributed by atoms with Crippen molar-refractivity contribution in [2.75, 3.05) is 15.8 Å². The van der Waals surface area contributed by atoms with Crippen molar-refractivity contribution in [1.29, 1.82) is 0 Å². The number of furan rings is 1. The van der Waals surface area contributed by atoms with E-state index < -0.39 is 29.9 Å². The Kier molecular flexibility index (Phi) is 6.88. The van der Waals surface area contributed by atoms with Gasteiger partial charge in [-0.25, -0.2) is 17.5 Å². The molecule has 11 heteroatoms. The Labute approximate surface area is 172 Å². The van der Waals surface area contributed by atoms with Gasteiger partial charge in [-0.3, -0.25) is 0 Å². The third-order valence-corrected chi connectivity index (χ3v) is 6.15. The summed E-state index contributed by atoms with van der Waals surface area (Å²) in [7, 11) is -6.00. The number of rotatable bonds is 8. The van der Waals surface area contributed by atoms with Gasteiger partial charge in [-0.2, -0.15) is 0 Å². The first kappa shape index (κ1) is 22.1. The zero-order chi connectivity index (χ0) is 20.4. The fraction of sp³-hybridized carbons (Fsp3) is 0.375. The third kappa shape index (κ3) is 5.87. The van der Waals surface area contributed by atoms with Gasteiger partial charge in [0.2, 0.25) is 29.8 Å². The maximum atomic E-state index is 14.2. The molecule has 0 saturated heterocycles. The van der Waals surface area contributed by atoms with Crippen LogP contribution in [-0.2, 0) is 10.0 Å². The van der Waals surface area contributed by atoms with Crippen LogP contribution >= 0.6 is 27.5 Å². The van der Waals surface area contributed by atoms with Crippen molar-refractivity contribution < 1.29 is 26.8 Å². The van der Waals surface area contributed by atoms with Crippen molar-refractivity contribution in [3.05, 3.63) is 29.0 Å². The van der Waals surface area contributed by atoms with Crippen LogP contribution in [0.2, 0.25) is 24.7 Å². The molecule has 0 aliphatic carbocycles. The highest BCUT2D eigenvalue weighted by Crippen LogP contribution is 2.48. The number of aromatic hydroxyl groups is 1. The van der Waals surface area contributed by atoms with Crippen molar-refractivity contribution in [2.24, 2.45) is 0 Å². The minimum Gasteiger partial charge on any atom is -0.538 e. The predicted octanol–water partition coefficient (Wildman–Crippen LogP) is 5.19. The second-order valence-corrected chi connectivity index (χ2v) is 14.2. The topological polar surface area (TPSA) is 88.8 Å². The van der Waals surface area contributed by atoms with Crippen molar-refractivity contribution in [2.45, 2.75) is 26.1 Å². The van der Waals surface area contributed by atoms with Crippen molar-refractivity contribution in [3.8, 4) is 22.8 Å². The summed E-state index contributed by atoms with van der Waals surface area (Å²) in [6, 6.07) is 3.75. The molecule has 0 amide bonds. The SMILES string of the molecule is C[Si](C)(C)Oc1c(NS(=O)(=O)CCCBr)oc(-c2cc(Cl)ccc2F)c1O. The van der Waals surface area contributed by atoms with Gasteiger partial charge < -0.3 is 13.9 Å². The van der Waals surface area contributed by atoms with Gasteiger partial charge in [-0.05, 0) is 44.3 Å². The van der Waals surface area contributed by atoms with Crippen LogP contribution < -0.4 is 9.15 Å². The zero-order valence-corrected chi connectivity index (χ0v) is 19.1. The standard InChI is InChI=1S/C16H20BrClFNO5SSi/c1-27(2,3)25-15-13(21)14(11-9-10(18)5-6-12(11)19)24-16(15)20-26(22,23)8-4-7-17/h5-6,9,20-21H,4,7-8H2,1-3H3. The van der Waals surface area contributed by atoms with Gasteiger partial charge in [0.15, 0.2) is 5.76 Å². The molecule has 1 heterocycles. The average Bonchev–Trinajstić information content (AvgIpc) is 2.82. The summed E-state index contributed by atoms with van der Waals surface area (Å²) in [5.74, 6) is -2.05. The van der Waals surface area contributed by atoms with E-state index in [2.05, 4.69) is 20.7 Å². The summed E-state index contributed by atoms with van der Waals surface area (Å²) in [5.41, 5.74) is -0.105. The molecule has 150 valence electrons. The molecule has 27 heavy (non-hydrogen) atoms. The van der Waals surface area contributed by atoms with Crippen LogP contribution in [0.15, 0.2) is 22.6 Å². The van der Waals surface area contributed by atoms with E-state index >= 15 is 0 Å². The Morgan fingerprint density at radius 2 is 2.04 bits per heavy atom. The van der Waals surface area contributed by atoms with Crippen LogP contribution in [0.4, 0.5) is 10.3 Å². The Morgan fingerprint density at radius 1 is 1.37 bits per heavy atom. The van der Waals surface area contributed by atoms with Gasteiger partial charge in [-0.1, -0.05) is 27.5 Å². The summed E-state index contributed by atoms with van der Waals surface area (Å²) in [6.45, 7) is 5.55. The Balaban J connectivity index is 2.56. The smallest absolute Gasteiger partial charge is 0.252 e. The fourth-order valence-corrected chi connectivity index (χ4v) is 4.83. The quantitative estimate of drug-likeness (QED) is 0.385. The fourth-order valence-electron chi connectivity index (χ4n) is 2.17. The van der Waals surface area contributed by atoms with E-state index in [1.807, 2.05) is 19.6 Å². The summed E-state index contributed by atoms with van der Waals surface area (Å²) in [5, 5.41) is 11.3. The number of hydrogen-bond acceptors (Lipinski definition) is 5. The molecular formula is C16H20BrClFNO5SSi. The Hall–Kier alpha value is -1.23. The molecule has 0 bridgehead atoms. The van der Waals surface area contributed by atoms with Gasteiger partial charge in [0.05, 0.1) is 11.3 Å². The second kappa shape index (κ2) is 8.42. The van der Waals surface area contributed by atoms with Crippen molar-refractivity contribution >= 4 is 51.8 Å². The highest BCUT2D eigenvalue weighted by Gasteiger charge is 2.30. The van der Waals surface area contributed by atoms with Crippen molar-refractivity contribution in [1.82, 2.24) is 0 Å². The molecule has 6 nitrogen and oxygen atoms in total. The molecule has 1 aromatic carbocycles. The summed E-state index contributed by atoms with van der Waals surface area (Å²) < 4.78 is 52.2. The van der Waals surface area contributed by atoms with E-state index in [9.17, 15) is 17.9 Å². The Morgan fingerprint density at radius 3 is 2.63 bits per heavy atom. The van der Waals surface area contributed by atoms with Gasteiger partial charge >= 0.3 is 0 Å². The second-order valence-electron chi connectivity index (χ2n) is 6.74. The summed E-state index contributed by atoms with van der Waals surface area (Å²) in [4.78, 5) is 0. The molecule has 0 atom stereocenters. The molecule has 2 N–H and O–H groups in total. The number of anilines is 1. The van der Waals surface area contributed by atoms with Gasteiger partial charge in [0.1, 0.15) is 5.82 Å². The van der Waals surface area contributed by atoms with E-state index in [-0.39, 0.29) is 33.7 Å². The molecule has 0 aliphatic heterocycles. The summed E-state index contributed by atoms with van der Waals surface area (Å²) in [6.07, 6.45) is 0.377. The van der Waals surface area contributed by atoms with E-state index in [4.69, 9.17) is 20.4 Å².